The van der Waals surface area contributed by atoms with Crippen LogP contribution in [0.3, 0.4) is 0 Å². The minimum atomic E-state index is -0.570. The number of fused-ring (bicyclic) bond motifs is 1. The molecule has 6 nitrogen and oxygen atoms in total. The van der Waals surface area contributed by atoms with Crippen LogP contribution in [-0.2, 0) is 16.7 Å². The molecule has 4 aromatic rings. The molecule has 0 spiro atoms. The molecule has 0 atom stereocenters. The third-order valence-electron chi connectivity index (χ3n) is 6.13. The summed E-state index contributed by atoms with van der Waals surface area (Å²) in [6.07, 6.45) is 3.07. The Balaban J connectivity index is 1.40. The van der Waals surface area contributed by atoms with Crippen LogP contribution in [0.1, 0.15) is 37.5 Å². The number of nitrogens with zero attached hydrogens (tertiary/aromatic N) is 2. The summed E-state index contributed by atoms with van der Waals surface area (Å²) in [5.74, 6) is 0.842. The number of hydrogen-bond acceptors (Lipinski definition) is 4. The number of ether oxygens (including phenoxy) is 2. The molecular formula is C29H31N3O3. The molecule has 180 valence electrons. The molecule has 0 aliphatic carbocycles. The van der Waals surface area contributed by atoms with Crippen LogP contribution < -0.4 is 10.2 Å². The maximum absolute atomic E-state index is 11.5. The summed E-state index contributed by atoms with van der Waals surface area (Å²) in [7, 11) is 0. The van der Waals surface area contributed by atoms with Crippen LogP contribution in [0.4, 0.5) is 4.79 Å². The molecule has 6 heteroatoms. The van der Waals surface area contributed by atoms with Crippen LogP contribution in [0.5, 0.6) is 5.75 Å². The van der Waals surface area contributed by atoms with E-state index in [1.807, 2.05) is 42.6 Å². The molecule has 1 aromatic heterocycles. The standard InChI is InChI=1S/C29H31N3O3/c1-4-34-28(33)31-30-20-22-21-32(27-13-9-8-12-26(22)27)18-19-35-25-16-14-24(15-17-25)29(2,3)23-10-6-5-7-11-23/h5-17,20-21H,4,18-19H2,1-3H3,(H,31,33)/b30-20-. The molecule has 0 unspecified atom stereocenters. The van der Waals surface area contributed by atoms with E-state index in [-0.39, 0.29) is 5.41 Å². The molecule has 1 N–H and O–H groups in total. The SMILES string of the molecule is CCOC(=O)N/N=C\c1cn(CCOc2ccc(C(C)(C)c3ccccc3)cc2)c2ccccc12. The fourth-order valence-corrected chi connectivity index (χ4v) is 4.13. The van der Waals surface area contributed by atoms with Gasteiger partial charge in [0.2, 0.25) is 0 Å². The zero-order valence-electron chi connectivity index (χ0n) is 20.4. The Morgan fingerprint density at radius 2 is 1.66 bits per heavy atom. The van der Waals surface area contributed by atoms with Crippen LogP contribution in [0.2, 0.25) is 0 Å². The van der Waals surface area contributed by atoms with Crippen LogP contribution in [0.25, 0.3) is 10.9 Å². The summed E-state index contributed by atoms with van der Waals surface area (Å²) < 4.78 is 13.0. The lowest BCUT2D eigenvalue weighted by Gasteiger charge is -2.26. The van der Waals surface area contributed by atoms with Crippen LogP contribution >= 0.6 is 0 Å². The summed E-state index contributed by atoms with van der Waals surface area (Å²) in [6.45, 7) is 7.72. The molecule has 0 saturated heterocycles. The van der Waals surface area contributed by atoms with E-state index in [4.69, 9.17) is 9.47 Å². The highest BCUT2D eigenvalue weighted by Gasteiger charge is 2.22. The number of hydrazone groups is 1. The van der Waals surface area contributed by atoms with Crippen molar-refractivity contribution in [2.24, 2.45) is 5.10 Å². The number of nitrogens with one attached hydrogen (secondary N) is 1. The van der Waals surface area contributed by atoms with E-state index >= 15 is 0 Å². The summed E-state index contributed by atoms with van der Waals surface area (Å²) in [4.78, 5) is 11.5. The molecule has 3 aromatic carbocycles. The molecule has 1 heterocycles. The average Bonchev–Trinajstić information content (AvgIpc) is 3.23. The maximum atomic E-state index is 11.5. The van der Waals surface area contributed by atoms with Gasteiger partial charge in [-0.2, -0.15) is 5.10 Å². The van der Waals surface area contributed by atoms with Crippen LogP contribution in [0, 0.1) is 0 Å². The molecular weight excluding hydrogens is 438 g/mol. The van der Waals surface area contributed by atoms with Crippen LogP contribution in [-0.4, -0.2) is 30.1 Å². The van der Waals surface area contributed by atoms with Crippen molar-refractivity contribution in [3.63, 3.8) is 0 Å². The van der Waals surface area contributed by atoms with Gasteiger partial charge in [0.05, 0.1) is 19.4 Å². The second-order valence-electron chi connectivity index (χ2n) is 8.75. The molecule has 0 aliphatic rings. The maximum Gasteiger partial charge on any atom is 0.427 e. The summed E-state index contributed by atoms with van der Waals surface area (Å²) in [6, 6.07) is 27.0. The first kappa shape index (κ1) is 24.1. The van der Waals surface area contributed by atoms with Gasteiger partial charge in [-0.1, -0.05) is 74.5 Å². The smallest absolute Gasteiger partial charge is 0.427 e. The zero-order chi connectivity index (χ0) is 24.7. The lowest BCUT2D eigenvalue weighted by atomic mass is 9.78. The van der Waals surface area contributed by atoms with E-state index < -0.39 is 6.09 Å². The van der Waals surface area contributed by atoms with E-state index in [2.05, 4.69) is 71.4 Å². The summed E-state index contributed by atoms with van der Waals surface area (Å²) in [5.41, 5.74) is 6.80. The largest absolute Gasteiger partial charge is 0.492 e. The normalized spacial score (nSPS) is 11.6. The Morgan fingerprint density at radius 3 is 2.40 bits per heavy atom. The van der Waals surface area contributed by atoms with Crippen molar-refractivity contribution in [1.29, 1.82) is 0 Å². The van der Waals surface area contributed by atoms with E-state index in [9.17, 15) is 4.79 Å². The second kappa shape index (κ2) is 10.9. The quantitative estimate of drug-likeness (QED) is 0.237. The van der Waals surface area contributed by atoms with Crippen molar-refractivity contribution in [2.75, 3.05) is 13.2 Å². The Kier molecular flexibility index (Phi) is 7.51. The first-order valence-electron chi connectivity index (χ1n) is 11.8. The van der Waals surface area contributed by atoms with Crippen LogP contribution in [0.15, 0.2) is 90.2 Å². The molecule has 0 bridgehead atoms. The second-order valence-corrected chi connectivity index (χ2v) is 8.75. The number of carbonyl (C=O) groups is 1. The first-order chi connectivity index (χ1) is 17.0. The Morgan fingerprint density at radius 1 is 0.971 bits per heavy atom. The van der Waals surface area contributed by atoms with Crippen molar-refractivity contribution in [3.8, 4) is 5.75 Å². The highest BCUT2D eigenvalue weighted by atomic mass is 16.5. The van der Waals surface area contributed by atoms with Gasteiger partial charge in [-0.3, -0.25) is 0 Å². The van der Waals surface area contributed by atoms with Gasteiger partial charge < -0.3 is 14.0 Å². The Bertz CT molecular complexity index is 1290. The zero-order valence-corrected chi connectivity index (χ0v) is 20.4. The molecule has 0 saturated carbocycles. The minimum absolute atomic E-state index is 0.0794. The van der Waals surface area contributed by atoms with Gasteiger partial charge >= 0.3 is 6.09 Å². The number of benzene rings is 3. The number of aromatic nitrogens is 1. The van der Waals surface area contributed by atoms with Gasteiger partial charge in [0.25, 0.3) is 0 Å². The number of rotatable bonds is 9. The highest BCUT2D eigenvalue weighted by Crippen LogP contribution is 2.32. The van der Waals surface area contributed by atoms with Gasteiger partial charge in [0, 0.05) is 28.1 Å². The molecule has 35 heavy (non-hydrogen) atoms. The van der Waals surface area contributed by atoms with Gasteiger partial charge in [0.1, 0.15) is 12.4 Å². The topological polar surface area (TPSA) is 64.8 Å². The van der Waals surface area contributed by atoms with Crippen molar-refractivity contribution in [3.05, 3.63) is 102 Å². The van der Waals surface area contributed by atoms with E-state index in [0.29, 0.717) is 19.8 Å². The molecule has 0 radical (unpaired) electrons. The lowest BCUT2D eigenvalue weighted by molar-refractivity contribution is 0.152. The van der Waals surface area contributed by atoms with Gasteiger partial charge in [-0.15, -0.1) is 0 Å². The fraction of sp³-hybridized carbons (Fsp3) is 0.241. The molecule has 0 aliphatic heterocycles. The number of amides is 1. The van der Waals surface area contributed by atoms with Gasteiger partial charge in [-0.25, -0.2) is 10.2 Å². The Labute approximate surface area is 206 Å². The minimum Gasteiger partial charge on any atom is -0.492 e. The van der Waals surface area contributed by atoms with Crippen molar-refractivity contribution < 1.29 is 14.3 Å². The van der Waals surface area contributed by atoms with E-state index in [0.717, 1.165) is 22.2 Å². The van der Waals surface area contributed by atoms with Crippen molar-refractivity contribution >= 4 is 23.2 Å². The van der Waals surface area contributed by atoms with Crippen molar-refractivity contribution in [2.45, 2.75) is 32.7 Å². The average molecular weight is 470 g/mol. The monoisotopic (exact) mass is 469 g/mol. The predicted octanol–water partition coefficient (Wildman–Crippen LogP) is 6.13. The van der Waals surface area contributed by atoms with Gasteiger partial charge in [-0.05, 0) is 36.2 Å². The van der Waals surface area contributed by atoms with E-state index in [1.165, 1.54) is 11.1 Å². The first-order valence-corrected chi connectivity index (χ1v) is 11.8. The third kappa shape index (κ3) is 5.72. The van der Waals surface area contributed by atoms with Gasteiger partial charge in [0.15, 0.2) is 0 Å². The number of para-hydroxylation sites is 1. The predicted molar refractivity (Wildman–Crippen MR) is 140 cm³/mol. The Hall–Kier alpha value is -4.06. The summed E-state index contributed by atoms with van der Waals surface area (Å²) in [5, 5.41) is 5.06. The molecule has 0 fully saturated rings. The number of hydrogen-bond donors (Lipinski definition) is 1. The lowest BCUT2D eigenvalue weighted by Crippen LogP contribution is -2.18. The number of carbonyl (C=O) groups excluding carboxylic acids is 1. The molecule has 4 rings (SSSR count). The van der Waals surface area contributed by atoms with E-state index in [1.54, 1.807) is 13.1 Å². The van der Waals surface area contributed by atoms with Crippen molar-refractivity contribution in [1.82, 2.24) is 9.99 Å². The molecule has 1 amide bonds. The summed E-state index contributed by atoms with van der Waals surface area (Å²) >= 11 is 0. The highest BCUT2D eigenvalue weighted by molar-refractivity contribution is 5.99. The third-order valence-corrected chi connectivity index (χ3v) is 6.13. The fourth-order valence-electron chi connectivity index (χ4n) is 4.13.